The number of halogens is 2. The molecule has 13 heteroatoms. The van der Waals surface area contributed by atoms with Gasteiger partial charge in [0, 0.05) is 50.7 Å². The quantitative estimate of drug-likeness (QED) is 0.210. The summed E-state index contributed by atoms with van der Waals surface area (Å²) in [5.41, 5.74) is 2.87. The molecule has 1 aliphatic heterocycles. The van der Waals surface area contributed by atoms with Crippen LogP contribution in [0.15, 0.2) is 88.8 Å². The molecule has 1 saturated carbocycles. The number of phenolic OH excluding ortho intramolecular Hbond substituents is 1. The Morgan fingerprint density at radius 2 is 1.75 bits per heavy atom. The number of aromatic nitrogens is 5. The van der Waals surface area contributed by atoms with Gasteiger partial charge in [0.2, 0.25) is 0 Å². The average molecular weight is 694 g/mol. The van der Waals surface area contributed by atoms with E-state index in [-0.39, 0.29) is 40.4 Å². The van der Waals surface area contributed by atoms with Crippen LogP contribution in [0.4, 0.5) is 8.78 Å². The second-order valence-electron chi connectivity index (χ2n) is 13.6. The van der Waals surface area contributed by atoms with E-state index in [9.17, 15) is 28.6 Å². The van der Waals surface area contributed by atoms with Crippen molar-refractivity contribution in [2.75, 3.05) is 13.1 Å². The van der Waals surface area contributed by atoms with Crippen molar-refractivity contribution < 1.29 is 19.0 Å². The number of hydrogen-bond donors (Lipinski definition) is 3. The maximum absolute atomic E-state index is 14.6. The van der Waals surface area contributed by atoms with Crippen LogP contribution >= 0.6 is 0 Å². The number of pyridine rings is 2. The topological polar surface area (TPSA) is 130 Å². The average Bonchev–Trinajstić information content (AvgIpc) is 3.73. The first kappa shape index (κ1) is 32.9. The molecule has 0 amide bonds. The Bertz CT molecular complexity index is 2380. The third-order valence-electron chi connectivity index (χ3n) is 10.2. The van der Waals surface area contributed by atoms with Gasteiger partial charge in [-0.3, -0.25) is 14.3 Å². The molecule has 11 nitrogen and oxygen atoms in total. The fourth-order valence-electron chi connectivity index (χ4n) is 7.62. The summed E-state index contributed by atoms with van der Waals surface area (Å²) >= 11 is 0. The van der Waals surface area contributed by atoms with Gasteiger partial charge < -0.3 is 19.9 Å². The molecular formula is C38H37F2N7O4. The van der Waals surface area contributed by atoms with Crippen LogP contribution in [0.5, 0.6) is 5.75 Å². The molecular weight excluding hydrogens is 656 g/mol. The second-order valence-corrected chi connectivity index (χ2v) is 13.6. The van der Waals surface area contributed by atoms with Crippen molar-refractivity contribution in [3.8, 4) is 22.6 Å². The van der Waals surface area contributed by atoms with E-state index >= 15 is 0 Å². The van der Waals surface area contributed by atoms with Crippen molar-refractivity contribution in [3.05, 3.63) is 123 Å². The molecule has 4 aromatic heterocycles. The molecule has 3 N–H and O–H groups in total. The highest BCUT2D eigenvalue weighted by atomic mass is 19.1. The number of aliphatic hydroxyl groups is 1. The number of nitrogens with zero attached hydrogens (tertiary/aromatic N) is 6. The molecule has 2 aromatic carbocycles. The number of likely N-dealkylation sites (tertiary alicyclic amines) is 1. The number of nitrogens with one attached hydrogen (secondary N) is 1. The van der Waals surface area contributed by atoms with Gasteiger partial charge in [-0.2, -0.15) is 0 Å². The van der Waals surface area contributed by atoms with E-state index in [4.69, 9.17) is 0 Å². The van der Waals surface area contributed by atoms with Crippen LogP contribution in [0.25, 0.3) is 33.5 Å². The van der Waals surface area contributed by atoms with Crippen LogP contribution < -0.4 is 16.6 Å². The Labute approximate surface area is 291 Å². The first-order valence-corrected chi connectivity index (χ1v) is 17.2. The molecule has 8 rings (SSSR count). The minimum absolute atomic E-state index is 0.0443. The monoisotopic (exact) mass is 693 g/mol. The van der Waals surface area contributed by atoms with Gasteiger partial charge in [0.15, 0.2) is 5.65 Å². The van der Waals surface area contributed by atoms with Gasteiger partial charge in [-0.1, -0.05) is 30.3 Å². The predicted molar refractivity (Wildman–Crippen MR) is 188 cm³/mol. The summed E-state index contributed by atoms with van der Waals surface area (Å²) in [4.78, 5) is 39.2. The van der Waals surface area contributed by atoms with Crippen LogP contribution in [0.3, 0.4) is 0 Å². The predicted octanol–water partition coefficient (Wildman–Crippen LogP) is 4.69. The highest BCUT2D eigenvalue weighted by molar-refractivity contribution is 5.78. The van der Waals surface area contributed by atoms with Crippen molar-refractivity contribution in [1.82, 2.24) is 33.7 Å². The molecule has 0 bridgehead atoms. The van der Waals surface area contributed by atoms with E-state index < -0.39 is 23.1 Å². The van der Waals surface area contributed by atoms with Gasteiger partial charge in [0.1, 0.15) is 23.0 Å². The SMILES string of the molecule is O=c1c2cc(F)cnc2n(-c2cc(-c3ccccc3CN3CC[C@H](O)C3)ccc2O)c(=O)n1[C@H]1CC[C@@H](NCc2cn3cc(F)ccc3n2)CC1. The molecule has 0 radical (unpaired) electrons. The standard InChI is InChI=1S/C38H37F2N7O4/c39-25-6-12-35-43-28(21-45(35)20-25)18-41-27-7-9-29(10-8-27)46-37(50)32-16-26(40)17-42-36(32)47(38(46)51)33-15-23(5-11-34(33)49)31-4-2-1-3-24(31)19-44-14-13-30(48)22-44/h1-6,11-12,15-17,20-21,27,29-30,41,48-49H,7-10,13-14,18-19,22H2/t27-,29+,30-/m0/s1. The van der Waals surface area contributed by atoms with Crippen molar-refractivity contribution in [3.63, 3.8) is 0 Å². The number of imidazole rings is 1. The molecule has 0 spiro atoms. The van der Waals surface area contributed by atoms with Gasteiger partial charge in [0.05, 0.1) is 29.1 Å². The van der Waals surface area contributed by atoms with E-state index in [1.165, 1.54) is 27.5 Å². The fraction of sp³-hybridized carbons (Fsp3) is 0.316. The maximum atomic E-state index is 14.6. The van der Waals surface area contributed by atoms with Crippen molar-refractivity contribution in [2.24, 2.45) is 0 Å². The van der Waals surface area contributed by atoms with Crippen LogP contribution in [0.1, 0.15) is 49.4 Å². The van der Waals surface area contributed by atoms with Crippen molar-refractivity contribution in [2.45, 2.75) is 63.4 Å². The van der Waals surface area contributed by atoms with Gasteiger partial charge in [-0.15, -0.1) is 0 Å². The van der Waals surface area contributed by atoms with E-state index in [2.05, 4.69) is 20.2 Å². The Morgan fingerprint density at radius 3 is 2.55 bits per heavy atom. The van der Waals surface area contributed by atoms with E-state index in [1.54, 1.807) is 28.8 Å². The molecule has 1 atom stereocenters. The minimum atomic E-state index is -0.710. The lowest BCUT2D eigenvalue weighted by Crippen LogP contribution is -2.44. The first-order chi connectivity index (χ1) is 24.7. The normalized spacial score (nSPS) is 19.7. The van der Waals surface area contributed by atoms with Crippen molar-refractivity contribution >= 4 is 16.7 Å². The van der Waals surface area contributed by atoms with Crippen LogP contribution in [0, 0.1) is 11.6 Å². The summed E-state index contributed by atoms with van der Waals surface area (Å²) in [7, 11) is 0. The van der Waals surface area contributed by atoms with E-state index in [1.807, 2.05) is 24.3 Å². The summed E-state index contributed by atoms with van der Waals surface area (Å²) in [6.07, 6.45) is 6.85. The number of rotatable bonds is 8. The highest BCUT2D eigenvalue weighted by Gasteiger charge is 2.28. The summed E-state index contributed by atoms with van der Waals surface area (Å²) in [6.45, 7) is 2.46. The molecule has 5 heterocycles. The second kappa shape index (κ2) is 13.5. The number of aliphatic hydroxyl groups excluding tert-OH is 1. The van der Waals surface area contributed by atoms with Gasteiger partial charge in [0.25, 0.3) is 5.56 Å². The van der Waals surface area contributed by atoms with Gasteiger partial charge in [-0.05, 0) is 79.1 Å². The highest BCUT2D eigenvalue weighted by Crippen LogP contribution is 2.33. The largest absolute Gasteiger partial charge is 0.506 e. The third kappa shape index (κ3) is 6.44. The molecule has 262 valence electrons. The Morgan fingerprint density at radius 1 is 0.922 bits per heavy atom. The van der Waals surface area contributed by atoms with Crippen molar-refractivity contribution in [1.29, 1.82) is 0 Å². The minimum Gasteiger partial charge on any atom is -0.506 e. The smallest absolute Gasteiger partial charge is 0.337 e. The number of aromatic hydroxyl groups is 1. The Kier molecular flexibility index (Phi) is 8.70. The van der Waals surface area contributed by atoms with Gasteiger partial charge in [-0.25, -0.2) is 28.1 Å². The van der Waals surface area contributed by atoms with Crippen LogP contribution in [-0.2, 0) is 13.1 Å². The Hall–Kier alpha value is -5.24. The lowest BCUT2D eigenvalue weighted by atomic mass is 9.91. The van der Waals surface area contributed by atoms with Gasteiger partial charge >= 0.3 is 5.69 Å². The number of β-amino-alcohol motifs (C(OH)–C–C–N with tert-alkyl or cyclic N) is 1. The molecule has 2 aliphatic rings. The summed E-state index contributed by atoms with van der Waals surface area (Å²) in [6, 6.07) is 16.6. The van der Waals surface area contributed by atoms with Crippen LogP contribution in [0.2, 0.25) is 0 Å². The fourth-order valence-corrected chi connectivity index (χ4v) is 7.62. The van der Waals surface area contributed by atoms with E-state index in [0.29, 0.717) is 51.0 Å². The zero-order chi connectivity index (χ0) is 35.2. The number of fused-ring (bicyclic) bond motifs is 2. The molecule has 2 fully saturated rings. The summed E-state index contributed by atoms with van der Waals surface area (Å²) in [5.74, 6) is -1.25. The molecule has 6 aromatic rings. The third-order valence-corrected chi connectivity index (χ3v) is 10.2. The first-order valence-electron chi connectivity index (χ1n) is 17.2. The van der Waals surface area contributed by atoms with E-state index in [0.717, 1.165) is 47.6 Å². The lowest BCUT2D eigenvalue weighted by Gasteiger charge is -2.30. The molecule has 0 unspecified atom stereocenters. The summed E-state index contributed by atoms with van der Waals surface area (Å²) in [5, 5.41) is 24.7. The lowest BCUT2D eigenvalue weighted by molar-refractivity contribution is 0.175. The zero-order valence-corrected chi connectivity index (χ0v) is 27.8. The van der Waals surface area contributed by atoms with Crippen LogP contribution in [-0.4, -0.2) is 63.9 Å². The number of hydrogen-bond acceptors (Lipinski definition) is 8. The molecule has 51 heavy (non-hydrogen) atoms. The summed E-state index contributed by atoms with van der Waals surface area (Å²) < 4.78 is 32.3. The molecule has 1 saturated heterocycles. The number of phenols is 1. The number of benzene rings is 2. The Balaban J connectivity index is 1.10. The molecule has 1 aliphatic carbocycles. The maximum Gasteiger partial charge on any atom is 0.337 e. The zero-order valence-electron chi connectivity index (χ0n) is 27.8.